The van der Waals surface area contributed by atoms with E-state index in [0.717, 1.165) is 38.4 Å². The molecule has 2 fully saturated rings. The second kappa shape index (κ2) is 6.97. The zero-order chi connectivity index (χ0) is 15.6. The quantitative estimate of drug-likeness (QED) is 0.791. The molecule has 1 aliphatic carbocycles. The summed E-state index contributed by atoms with van der Waals surface area (Å²) in [7, 11) is 0. The molecule has 4 atom stereocenters. The number of nitrogens with zero attached hydrogens (tertiary/aromatic N) is 1. The van der Waals surface area contributed by atoms with Gasteiger partial charge < -0.3 is 10.4 Å². The number of piperidine rings is 1. The van der Waals surface area contributed by atoms with Gasteiger partial charge >= 0.3 is 0 Å². The van der Waals surface area contributed by atoms with E-state index in [9.17, 15) is 5.11 Å². The lowest BCUT2D eigenvalue weighted by Gasteiger charge is -2.43. The minimum absolute atomic E-state index is 0.141. The van der Waals surface area contributed by atoms with E-state index < -0.39 is 0 Å². The summed E-state index contributed by atoms with van der Waals surface area (Å²) >= 11 is 0. The average Bonchev–Trinajstić information content (AvgIpc) is 3.27. The average molecular weight is 296 g/mol. The molecule has 0 bridgehead atoms. The first-order valence-electron chi connectivity index (χ1n) is 8.95. The van der Waals surface area contributed by atoms with E-state index in [1.807, 2.05) is 0 Å². The van der Waals surface area contributed by atoms with E-state index in [1.54, 1.807) is 0 Å². The van der Waals surface area contributed by atoms with Gasteiger partial charge in [-0.3, -0.25) is 4.90 Å². The van der Waals surface area contributed by atoms with Gasteiger partial charge in [0.1, 0.15) is 0 Å². The third-order valence-electron chi connectivity index (χ3n) is 5.27. The summed E-state index contributed by atoms with van der Waals surface area (Å²) < 4.78 is 0. The number of likely N-dealkylation sites (tertiary alicyclic amines) is 1. The molecule has 1 heterocycles. The maximum absolute atomic E-state index is 10.3. The summed E-state index contributed by atoms with van der Waals surface area (Å²) in [6.45, 7) is 14.6. The summed E-state index contributed by atoms with van der Waals surface area (Å²) in [5.74, 6) is 1.34. The van der Waals surface area contributed by atoms with Crippen LogP contribution in [0, 0.1) is 17.3 Å². The summed E-state index contributed by atoms with van der Waals surface area (Å²) in [6, 6.07) is 1.22. The van der Waals surface area contributed by atoms with Gasteiger partial charge in [0.15, 0.2) is 0 Å². The molecule has 0 spiro atoms. The Bertz CT molecular complexity index is 322. The molecule has 21 heavy (non-hydrogen) atoms. The predicted molar refractivity (Wildman–Crippen MR) is 89.4 cm³/mol. The standard InChI is InChI=1S/C18H36N2O/c1-6-17(21)15-9-16(19-12-18(3,4)5)11-20(10-15)13(2)14-7-8-14/h13-17,19,21H,6-12H2,1-5H3. The van der Waals surface area contributed by atoms with E-state index >= 15 is 0 Å². The molecule has 1 saturated carbocycles. The zero-order valence-corrected chi connectivity index (χ0v) is 14.7. The number of aliphatic hydroxyl groups excluding tert-OH is 1. The third-order valence-corrected chi connectivity index (χ3v) is 5.27. The molecule has 0 aromatic carbocycles. The van der Waals surface area contributed by atoms with Gasteiger partial charge in [0.25, 0.3) is 0 Å². The van der Waals surface area contributed by atoms with Gasteiger partial charge in [-0.15, -0.1) is 0 Å². The Hall–Kier alpha value is -0.120. The first-order chi connectivity index (χ1) is 9.80. The van der Waals surface area contributed by atoms with Crippen molar-refractivity contribution in [3.05, 3.63) is 0 Å². The first kappa shape index (κ1) is 17.2. The summed E-state index contributed by atoms with van der Waals surface area (Å²) in [6.07, 6.45) is 4.66. The van der Waals surface area contributed by atoms with E-state index in [4.69, 9.17) is 0 Å². The number of hydrogen-bond donors (Lipinski definition) is 2. The van der Waals surface area contributed by atoms with Crippen molar-refractivity contribution in [1.29, 1.82) is 0 Å². The lowest BCUT2D eigenvalue weighted by molar-refractivity contribution is 0.0168. The number of hydrogen-bond acceptors (Lipinski definition) is 3. The highest BCUT2D eigenvalue weighted by Crippen LogP contribution is 2.37. The topological polar surface area (TPSA) is 35.5 Å². The lowest BCUT2D eigenvalue weighted by Crippen LogP contribution is -2.55. The molecule has 1 aliphatic heterocycles. The molecule has 1 saturated heterocycles. The normalized spacial score (nSPS) is 31.1. The summed E-state index contributed by atoms with van der Waals surface area (Å²) in [4.78, 5) is 2.64. The van der Waals surface area contributed by atoms with Crippen LogP contribution in [0.25, 0.3) is 0 Å². The van der Waals surface area contributed by atoms with Crippen molar-refractivity contribution in [2.75, 3.05) is 19.6 Å². The second-order valence-corrected chi connectivity index (χ2v) is 8.64. The van der Waals surface area contributed by atoms with Crippen LogP contribution in [0.3, 0.4) is 0 Å². The molecule has 0 amide bonds. The van der Waals surface area contributed by atoms with Crippen molar-refractivity contribution < 1.29 is 5.11 Å². The monoisotopic (exact) mass is 296 g/mol. The van der Waals surface area contributed by atoms with E-state index in [0.29, 0.717) is 23.4 Å². The van der Waals surface area contributed by atoms with Crippen molar-refractivity contribution in [2.45, 2.75) is 78.5 Å². The molecule has 2 rings (SSSR count). The SMILES string of the molecule is CCC(O)C1CC(NCC(C)(C)C)CN(C(C)C2CC2)C1. The summed E-state index contributed by atoms with van der Waals surface area (Å²) in [5.41, 5.74) is 0.323. The fraction of sp³-hybridized carbons (Fsp3) is 1.00. The number of nitrogens with one attached hydrogen (secondary N) is 1. The molecule has 4 unspecified atom stereocenters. The smallest absolute Gasteiger partial charge is 0.0578 e. The molecule has 0 radical (unpaired) electrons. The maximum atomic E-state index is 10.3. The van der Waals surface area contributed by atoms with E-state index in [-0.39, 0.29) is 6.10 Å². The highest BCUT2D eigenvalue weighted by atomic mass is 16.3. The Morgan fingerprint density at radius 1 is 1.19 bits per heavy atom. The Morgan fingerprint density at radius 3 is 2.38 bits per heavy atom. The molecule has 2 aliphatic rings. The van der Waals surface area contributed by atoms with Crippen molar-refractivity contribution >= 4 is 0 Å². The summed E-state index contributed by atoms with van der Waals surface area (Å²) in [5, 5.41) is 14.1. The van der Waals surface area contributed by atoms with Gasteiger partial charge in [0, 0.05) is 31.7 Å². The minimum Gasteiger partial charge on any atom is -0.393 e. The fourth-order valence-electron chi connectivity index (χ4n) is 3.59. The number of aliphatic hydroxyl groups is 1. The van der Waals surface area contributed by atoms with Gasteiger partial charge in [-0.05, 0) is 49.9 Å². The van der Waals surface area contributed by atoms with Crippen molar-refractivity contribution in [2.24, 2.45) is 17.3 Å². The van der Waals surface area contributed by atoms with Crippen molar-refractivity contribution in [3.63, 3.8) is 0 Å². The van der Waals surface area contributed by atoms with Gasteiger partial charge in [0.2, 0.25) is 0 Å². The third kappa shape index (κ3) is 5.22. The van der Waals surface area contributed by atoms with E-state index in [2.05, 4.69) is 44.8 Å². The Balaban J connectivity index is 1.95. The Labute approximate surface area is 131 Å². The highest BCUT2D eigenvalue weighted by molar-refractivity contribution is 4.93. The molecule has 2 N–H and O–H groups in total. The number of rotatable bonds is 6. The van der Waals surface area contributed by atoms with Gasteiger partial charge in [0.05, 0.1) is 6.10 Å². The Morgan fingerprint density at radius 2 is 1.86 bits per heavy atom. The molecule has 3 nitrogen and oxygen atoms in total. The second-order valence-electron chi connectivity index (χ2n) is 8.64. The molecular formula is C18H36N2O. The predicted octanol–water partition coefficient (Wildman–Crippen LogP) is 2.88. The van der Waals surface area contributed by atoms with Gasteiger partial charge in [-0.1, -0.05) is 27.7 Å². The minimum atomic E-state index is -0.141. The fourth-order valence-corrected chi connectivity index (χ4v) is 3.59. The Kier molecular flexibility index (Phi) is 5.72. The molecule has 0 aromatic rings. The molecule has 0 aromatic heterocycles. The highest BCUT2D eigenvalue weighted by Gasteiger charge is 2.38. The molecule has 124 valence electrons. The van der Waals surface area contributed by atoms with Crippen LogP contribution >= 0.6 is 0 Å². The van der Waals surface area contributed by atoms with Crippen molar-refractivity contribution in [3.8, 4) is 0 Å². The lowest BCUT2D eigenvalue weighted by atomic mass is 9.86. The van der Waals surface area contributed by atoms with Crippen LogP contribution in [0.4, 0.5) is 0 Å². The van der Waals surface area contributed by atoms with Crippen LogP contribution < -0.4 is 5.32 Å². The zero-order valence-electron chi connectivity index (χ0n) is 14.7. The van der Waals surface area contributed by atoms with Crippen LogP contribution in [0.5, 0.6) is 0 Å². The van der Waals surface area contributed by atoms with Gasteiger partial charge in [-0.2, -0.15) is 0 Å². The maximum Gasteiger partial charge on any atom is 0.0578 e. The van der Waals surface area contributed by atoms with Crippen LogP contribution in [-0.4, -0.2) is 47.8 Å². The first-order valence-corrected chi connectivity index (χ1v) is 8.95. The largest absolute Gasteiger partial charge is 0.393 e. The van der Waals surface area contributed by atoms with E-state index in [1.165, 1.54) is 12.8 Å². The molecule has 3 heteroatoms. The van der Waals surface area contributed by atoms with Crippen LogP contribution in [-0.2, 0) is 0 Å². The van der Waals surface area contributed by atoms with Crippen LogP contribution in [0.2, 0.25) is 0 Å². The van der Waals surface area contributed by atoms with Crippen molar-refractivity contribution in [1.82, 2.24) is 10.2 Å². The molecular weight excluding hydrogens is 260 g/mol. The van der Waals surface area contributed by atoms with Gasteiger partial charge in [-0.25, -0.2) is 0 Å². The van der Waals surface area contributed by atoms with Crippen LogP contribution in [0.1, 0.15) is 60.3 Å². The van der Waals surface area contributed by atoms with Crippen LogP contribution in [0.15, 0.2) is 0 Å².